The van der Waals surface area contributed by atoms with Crippen molar-refractivity contribution in [2.24, 2.45) is 11.7 Å². The molecule has 2 unspecified atom stereocenters. The fraction of sp³-hybridized carbons (Fsp3) is 0.500. The maximum atomic E-state index is 12.6. The molecule has 2 aliphatic rings. The summed E-state index contributed by atoms with van der Waals surface area (Å²) in [5.41, 5.74) is 6.09. The van der Waals surface area contributed by atoms with Crippen LogP contribution < -0.4 is 11.1 Å². The maximum absolute atomic E-state index is 12.6. The monoisotopic (exact) mass is 407 g/mol. The summed E-state index contributed by atoms with van der Waals surface area (Å²) >= 11 is 3.35. The third-order valence-electron chi connectivity index (χ3n) is 5.05. The molecule has 1 aliphatic carbocycles. The van der Waals surface area contributed by atoms with Gasteiger partial charge in [-0.1, -0.05) is 40.9 Å². The Bertz CT molecular complexity index is 688. The van der Waals surface area contributed by atoms with Gasteiger partial charge in [0.2, 0.25) is 17.7 Å². The molecular formula is C18H22BrN3O3. The van der Waals surface area contributed by atoms with Crippen LogP contribution in [0, 0.1) is 5.92 Å². The topological polar surface area (TPSA) is 92.5 Å². The van der Waals surface area contributed by atoms with Crippen LogP contribution in [0.1, 0.15) is 43.7 Å². The first kappa shape index (κ1) is 17.9. The Morgan fingerprint density at radius 3 is 2.64 bits per heavy atom. The zero-order chi connectivity index (χ0) is 18.0. The van der Waals surface area contributed by atoms with Gasteiger partial charge in [-0.3, -0.25) is 14.4 Å². The molecule has 1 aliphatic heterocycles. The molecule has 25 heavy (non-hydrogen) atoms. The van der Waals surface area contributed by atoms with Crippen molar-refractivity contribution in [3.05, 3.63) is 34.3 Å². The van der Waals surface area contributed by atoms with Crippen molar-refractivity contribution in [3.63, 3.8) is 0 Å². The van der Waals surface area contributed by atoms with E-state index in [1.165, 1.54) is 0 Å². The summed E-state index contributed by atoms with van der Waals surface area (Å²) in [5, 5.41) is 2.72. The molecule has 7 heteroatoms. The summed E-state index contributed by atoms with van der Waals surface area (Å²) in [6, 6.07) is 6.47. The van der Waals surface area contributed by atoms with E-state index < -0.39 is 17.9 Å². The van der Waals surface area contributed by atoms with Crippen molar-refractivity contribution in [2.75, 3.05) is 6.54 Å². The molecule has 1 saturated heterocycles. The minimum absolute atomic E-state index is 0.0325. The van der Waals surface area contributed by atoms with E-state index in [9.17, 15) is 14.4 Å². The number of halogens is 1. The maximum Gasteiger partial charge on any atom is 0.244 e. The SMILES string of the molecule is NC(=O)C(NC(=O)C1CC(=O)N(C2CCCC2)C1)c1cccc(Br)c1. The summed E-state index contributed by atoms with van der Waals surface area (Å²) in [5.74, 6) is -1.31. The summed E-state index contributed by atoms with van der Waals surface area (Å²) < 4.78 is 0.800. The quantitative estimate of drug-likeness (QED) is 0.779. The van der Waals surface area contributed by atoms with E-state index in [1.807, 2.05) is 11.0 Å². The number of benzene rings is 1. The molecule has 3 rings (SSSR count). The van der Waals surface area contributed by atoms with Crippen LogP contribution in [0.4, 0.5) is 0 Å². The lowest BCUT2D eigenvalue weighted by molar-refractivity contribution is -0.131. The first-order valence-electron chi connectivity index (χ1n) is 8.60. The zero-order valence-electron chi connectivity index (χ0n) is 13.9. The van der Waals surface area contributed by atoms with Crippen molar-refractivity contribution in [3.8, 4) is 0 Å². The third kappa shape index (κ3) is 4.03. The number of carbonyl (C=O) groups is 3. The highest BCUT2D eigenvalue weighted by molar-refractivity contribution is 9.10. The van der Waals surface area contributed by atoms with Gasteiger partial charge in [-0.05, 0) is 30.5 Å². The Hall–Kier alpha value is -1.89. The number of nitrogens with one attached hydrogen (secondary N) is 1. The van der Waals surface area contributed by atoms with Crippen molar-refractivity contribution < 1.29 is 14.4 Å². The molecule has 0 aromatic heterocycles. The largest absolute Gasteiger partial charge is 0.368 e. The van der Waals surface area contributed by atoms with Crippen LogP contribution in [0.15, 0.2) is 28.7 Å². The summed E-state index contributed by atoms with van der Waals surface area (Å²) in [4.78, 5) is 38.5. The van der Waals surface area contributed by atoms with E-state index in [0.717, 1.165) is 30.2 Å². The number of nitrogens with two attached hydrogens (primary N) is 1. The van der Waals surface area contributed by atoms with Gasteiger partial charge in [0.05, 0.1) is 5.92 Å². The van der Waals surface area contributed by atoms with E-state index in [1.54, 1.807) is 18.2 Å². The summed E-state index contributed by atoms with van der Waals surface area (Å²) in [6.45, 7) is 0.430. The van der Waals surface area contributed by atoms with Crippen molar-refractivity contribution >= 4 is 33.7 Å². The molecule has 0 bridgehead atoms. The molecule has 1 aromatic rings. The van der Waals surface area contributed by atoms with Crippen molar-refractivity contribution in [1.29, 1.82) is 0 Å². The number of hydrogen-bond donors (Lipinski definition) is 2. The zero-order valence-corrected chi connectivity index (χ0v) is 15.5. The number of likely N-dealkylation sites (tertiary alicyclic amines) is 1. The molecule has 134 valence electrons. The van der Waals surface area contributed by atoms with Crippen LogP contribution in [0.3, 0.4) is 0 Å². The number of rotatable bonds is 5. The molecule has 2 fully saturated rings. The molecule has 0 radical (unpaired) electrons. The van der Waals surface area contributed by atoms with Gasteiger partial charge in [-0.25, -0.2) is 0 Å². The average molecular weight is 408 g/mol. The van der Waals surface area contributed by atoms with Gasteiger partial charge >= 0.3 is 0 Å². The van der Waals surface area contributed by atoms with E-state index in [4.69, 9.17) is 5.73 Å². The third-order valence-corrected chi connectivity index (χ3v) is 5.54. The number of amides is 3. The molecular weight excluding hydrogens is 386 g/mol. The van der Waals surface area contributed by atoms with Gasteiger partial charge in [0, 0.05) is 23.5 Å². The van der Waals surface area contributed by atoms with Crippen LogP contribution in [0.25, 0.3) is 0 Å². The lowest BCUT2D eigenvalue weighted by Crippen LogP contribution is -2.41. The predicted octanol–water partition coefficient (Wildman–Crippen LogP) is 1.88. The van der Waals surface area contributed by atoms with E-state index in [-0.39, 0.29) is 24.3 Å². The second-order valence-corrected chi connectivity index (χ2v) is 7.70. The number of primary amides is 1. The smallest absolute Gasteiger partial charge is 0.244 e. The lowest BCUT2D eigenvalue weighted by atomic mass is 10.0. The first-order chi connectivity index (χ1) is 12.0. The molecule has 2 atom stereocenters. The lowest BCUT2D eigenvalue weighted by Gasteiger charge is -2.24. The number of carbonyl (C=O) groups excluding carboxylic acids is 3. The Kier molecular flexibility index (Phi) is 5.42. The average Bonchev–Trinajstić information content (AvgIpc) is 3.21. The molecule has 1 heterocycles. The van der Waals surface area contributed by atoms with Gasteiger partial charge in [0.15, 0.2) is 0 Å². The van der Waals surface area contributed by atoms with Crippen LogP contribution >= 0.6 is 15.9 Å². The highest BCUT2D eigenvalue weighted by Gasteiger charge is 2.39. The summed E-state index contributed by atoms with van der Waals surface area (Å²) in [6.07, 6.45) is 4.51. The Labute approximate surface area is 155 Å². The molecule has 3 N–H and O–H groups in total. The van der Waals surface area contributed by atoms with Crippen molar-refractivity contribution in [1.82, 2.24) is 10.2 Å². The molecule has 0 spiro atoms. The van der Waals surface area contributed by atoms with Crippen LogP contribution in [0.5, 0.6) is 0 Å². The van der Waals surface area contributed by atoms with Gasteiger partial charge < -0.3 is 16.0 Å². The molecule has 3 amide bonds. The van der Waals surface area contributed by atoms with E-state index in [0.29, 0.717) is 12.1 Å². The van der Waals surface area contributed by atoms with Crippen LogP contribution in [-0.2, 0) is 14.4 Å². The Morgan fingerprint density at radius 2 is 2.00 bits per heavy atom. The fourth-order valence-corrected chi connectivity index (χ4v) is 4.16. The van der Waals surface area contributed by atoms with E-state index >= 15 is 0 Å². The van der Waals surface area contributed by atoms with Gasteiger partial charge in [-0.15, -0.1) is 0 Å². The number of nitrogens with zero attached hydrogens (tertiary/aromatic N) is 1. The van der Waals surface area contributed by atoms with Crippen molar-refractivity contribution in [2.45, 2.75) is 44.2 Å². The standard InChI is InChI=1S/C18H22BrN3O3/c19-13-5-3-4-11(8-13)16(17(20)24)21-18(25)12-9-15(23)22(10-12)14-6-1-2-7-14/h3-5,8,12,14,16H,1-2,6-7,9-10H2,(H2,20,24)(H,21,25). The highest BCUT2D eigenvalue weighted by atomic mass is 79.9. The fourth-order valence-electron chi connectivity index (χ4n) is 3.74. The second kappa shape index (κ2) is 7.56. The Balaban J connectivity index is 1.68. The minimum atomic E-state index is -0.902. The van der Waals surface area contributed by atoms with Gasteiger partial charge in [0.25, 0.3) is 0 Å². The van der Waals surface area contributed by atoms with Crippen LogP contribution in [-0.4, -0.2) is 35.2 Å². The van der Waals surface area contributed by atoms with E-state index in [2.05, 4.69) is 21.2 Å². The summed E-state index contributed by atoms with van der Waals surface area (Å²) in [7, 11) is 0. The first-order valence-corrected chi connectivity index (χ1v) is 9.39. The molecule has 1 saturated carbocycles. The Morgan fingerprint density at radius 1 is 1.28 bits per heavy atom. The van der Waals surface area contributed by atoms with Gasteiger partial charge in [0.1, 0.15) is 6.04 Å². The minimum Gasteiger partial charge on any atom is -0.368 e. The predicted molar refractivity (Wildman–Crippen MR) is 96.3 cm³/mol. The number of hydrogen-bond acceptors (Lipinski definition) is 3. The highest BCUT2D eigenvalue weighted by Crippen LogP contribution is 2.30. The normalized spacial score (nSPS) is 22.2. The second-order valence-electron chi connectivity index (χ2n) is 6.78. The molecule has 6 nitrogen and oxygen atoms in total. The van der Waals surface area contributed by atoms with Gasteiger partial charge in [-0.2, -0.15) is 0 Å². The molecule has 1 aromatic carbocycles. The van der Waals surface area contributed by atoms with Crippen LogP contribution in [0.2, 0.25) is 0 Å².